The minimum Gasteiger partial charge on any atom is -0.497 e. The number of carbonyl (C=O) groups is 1. The lowest BCUT2D eigenvalue weighted by Gasteiger charge is -2.21. The Hall–Kier alpha value is -2.89. The molecule has 132 valence electrons. The quantitative estimate of drug-likeness (QED) is 0.876. The molecule has 2 aromatic carbocycles. The van der Waals surface area contributed by atoms with Crippen LogP contribution >= 0.6 is 0 Å². The minimum absolute atomic E-state index is 0.152. The van der Waals surface area contributed by atoms with Gasteiger partial charge in [0, 0.05) is 6.54 Å². The summed E-state index contributed by atoms with van der Waals surface area (Å²) in [4.78, 5) is 12.1. The van der Waals surface area contributed by atoms with Gasteiger partial charge < -0.3 is 24.8 Å². The lowest BCUT2D eigenvalue weighted by Crippen LogP contribution is -2.36. The lowest BCUT2D eigenvalue weighted by atomic mass is 10.1. The molecule has 25 heavy (non-hydrogen) atoms. The number of methoxy groups -OCH3 is 1. The summed E-state index contributed by atoms with van der Waals surface area (Å²) in [5.74, 6) is 2.23. The fourth-order valence-corrected chi connectivity index (χ4v) is 2.63. The van der Waals surface area contributed by atoms with Crippen LogP contribution in [0.15, 0.2) is 42.5 Å². The molecular weight excluding hydrogens is 320 g/mol. The molecule has 0 saturated carbocycles. The molecule has 6 heteroatoms. The smallest absolute Gasteiger partial charge is 0.315 e. The standard InChI is InChI=1S/C19H22N2O4/c1-13(15-6-7-17-18(11-15)25-9-8-24-17)21-19(22)20-12-14-4-3-5-16(10-14)23-2/h3-7,10-11,13H,8-9,12H2,1-2H3,(H2,20,21,22)/t13-/m1/s1. The average Bonchev–Trinajstić information content (AvgIpc) is 2.66. The molecule has 0 aromatic heterocycles. The van der Waals surface area contributed by atoms with Crippen molar-refractivity contribution in [3.63, 3.8) is 0 Å². The van der Waals surface area contributed by atoms with Gasteiger partial charge in [-0.3, -0.25) is 0 Å². The summed E-state index contributed by atoms with van der Waals surface area (Å²) >= 11 is 0. The normalized spacial score (nSPS) is 13.7. The average molecular weight is 342 g/mol. The van der Waals surface area contributed by atoms with E-state index < -0.39 is 0 Å². The highest BCUT2D eigenvalue weighted by atomic mass is 16.6. The number of amides is 2. The Balaban J connectivity index is 1.55. The van der Waals surface area contributed by atoms with Gasteiger partial charge in [0.25, 0.3) is 0 Å². The van der Waals surface area contributed by atoms with Crippen LogP contribution in [0.1, 0.15) is 24.1 Å². The zero-order valence-corrected chi connectivity index (χ0v) is 14.4. The van der Waals surface area contributed by atoms with E-state index in [-0.39, 0.29) is 12.1 Å². The van der Waals surface area contributed by atoms with Gasteiger partial charge >= 0.3 is 6.03 Å². The third-order valence-corrected chi connectivity index (χ3v) is 4.00. The van der Waals surface area contributed by atoms with Gasteiger partial charge in [0.05, 0.1) is 13.2 Å². The molecule has 0 bridgehead atoms. The molecule has 3 rings (SSSR count). The van der Waals surface area contributed by atoms with Crippen molar-refractivity contribution in [2.75, 3.05) is 20.3 Å². The third kappa shape index (κ3) is 4.35. The molecule has 2 N–H and O–H groups in total. The Morgan fingerprint density at radius 3 is 2.76 bits per heavy atom. The van der Waals surface area contributed by atoms with Crippen molar-refractivity contribution in [3.05, 3.63) is 53.6 Å². The predicted octanol–water partition coefficient (Wildman–Crippen LogP) is 3.03. The molecule has 0 radical (unpaired) electrons. The highest BCUT2D eigenvalue weighted by Gasteiger charge is 2.15. The molecule has 6 nitrogen and oxygen atoms in total. The van der Waals surface area contributed by atoms with Crippen LogP contribution in [-0.4, -0.2) is 26.4 Å². The molecule has 0 saturated heterocycles. The number of carbonyl (C=O) groups excluding carboxylic acids is 1. The van der Waals surface area contributed by atoms with Crippen LogP contribution < -0.4 is 24.8 Å². The van der Waals surface area contributed by atoms with E-state index in [9.17, 15) is 4.79 Å². The van der Waals surface area contributed by atoms with Crippen LogP contribution in [0.2, 0.25) is 0 Å². The SMILES string of the molecule is COc1cccc(CNC(=O)N[C@H](C)c2ccc3c(c2)OCCO3)c1. The number of nitrogens with one attached hydrogen (secondary N) is 2. The Labute approximate surface area is 147 Å². The van der Waals surface area contributed by atoms with E-state index in [2.05, 4.69) is 10.6 Å². The number of urea groups is 1. The Morgan fingerprint density at radius 2 is 1.96 bits per heavy atom. The number of hydrogen-bond acceptors (Lipinski definition) is 4. The molecule has 1 atom stereocenters. The first kappa shape index (κ1) is 17.0. The van der Waals surface area contributed by atoms with Gasteiger partial charge in [0.15, 0.2) is 11.5 Å². The fraction of sp³-hybridized carbons (Fsp3) is 0.316. The molecule has 0 unspecified atom stereocenters. The molecule has 2 aromatic rings. The lowest BCUT2D eigenvalue weighted by molar-refractivity contribution is 0.171. The van der Waals surface area contributed by atoms with Gasteiger partial charge in [-0.25, -0.2) is 4.79 Å². The van der Waals surface area contributed by atoms with Crippen molar-refractivity contribution in [2.45, 2.75) is 19.5 Å². The summed E-state index contributed by atoms with van der Waals surface area (Å²) in [5.41, 5.74) is 1.93. The molecular formula is C19H22N2O4. The molecule has 0 aliphatic carbocycles. The maximum atomic E-state index is 12.1. The van der Waals surface area contributed by atoms with Crippen LogP contribution in [0.5, 0.6) is 17.2 Å². The Kier molecular flexibility index (Phi) is 5.28. The number of fused-ring (bicyclic) bond motifs is 1. The topological polar surface area (TPSA) is 68.8 Å². The van der Waals surface area contributed by atoms with Crippen molar-refractivity contribution in [3.8, 4) is 17.2 Å². The zero-order valence-electron chi connectivity index (χ0n) is 14.4. The molecule has 0 spiro atoms. The summed E-state index contributed by atoms with van der Waals surface area (Å²) in [6.45, 7) is 3.46. The van der Waals surface area contributed by atoms with Crippen LogP contribution in [0, 0.1) is 0 Å². The van der Waals surface area contributed by atoms with Crippen molar-refractivity contribution < 1.29 is 19.0 Å². The first-order valence-electron chi connectivity index (χ1n) is 8.22. The molecule has 1 heterocycles. The second kappa shape index (κ2) is 7.79. The number of ether oxygens (including phenoxy) is 3. The van der Waals surface area contributed by atoms with Crippen molar-refractivity contribution in [1.29, 1.82) is 0 Å². The van der Waals surface area contributed by atoms with E-state index in [1.807, 2.05) is 49.4 Å². The fourth-order valence-electron chi connectivity index (χ4n) is 2.63. The number of rotatable bonds is 5. The second-order valence-electron chi connectivity index (χ2n) is 5.80. The highest BCUT2D eigenvalue weighted by Crippen LogP contribution is 2.32. The first-order chi connectivity index (χ1) is 12.2. The van der Waals surface area contributed by atoms with Gasteiger partial charge in [0.1, 0.15) is 19.0 Å². The van der Waals surface area contributed by atoms with Gasteiger partial charge in [-0.05, 0) is 42.3 Å². The van der Waals surface area contributed by atoms with Crippen molar-refractivity contribution in [1.82, 2.24) is 10.6 Å². The van der Waals surface area contributed by atoms with Gasteiger partial charge in [-0.1, -0.05) is 18.2 Å². The summed E-state index contributed by atoms with van der Waals surface area (Å²) in [7, 11) is 1.62. The number of hydrogen-bond donors (Lipinski definition) is 2. The maximum Gasteiger partial charge on any atom is 0.315 e. The van der Waals surface area contributed by atoms with Gasteiger partial charge in [-0.2, -0.15) is 0 Å². The van der Waals surface area contributed by atoms with Crippen molar-refractivity contribution >= 4 is 6.03 Å². The van der Waals surface area contributed by atoms with Gasteiger partial charge in [-0.15, -0.1) is 0 Å². The van der Waals surface area contributed by atoms with Crippen LogP contribution in [0.3, 0.4) is 0 Å². The predicted molar refractivity (Wildman–Crippen MR) is 94.2 cm³/mol. The Bertz CT molecular complexity index is 748. The van der Waals surface area contributed by atoms with E-state index in [4.69, 9.17) is 14.2 Å². The second-order valence-corrected chi connectivity index (χ2v) is 5.80. The van der Waals surface area contributed by atoms with Gasteiger partial charge in [0.2, 0.25) is 0 Å². The van der Waals surface area contributed by atoms with Crippen LogP contribution in [-0.2, 0) is 6.54 Å². The van der Waals surface area contributed by atoms with E-state index in [1.165, 1.54) is 0 Å². The molecule has 2 amide bonds. The summed E-state index contributed by atoms with van der Waals surface area (Å²) < 4.78 is 16.3. The van der Waals surface area contributed by atoms with E-state index in [0.717, 1.165) is 22.6 Å². The molecule has 1 aliphatic heterocycles. The minimum atomic E-state index is -0.231. The zero-order chi connectivity index (χ0) is 17.6. The van der Waals surface area contributed by atoms with Crippen LogP contribution in [0.25, 0.3) is 0 Å². The molecule has 1 aliphatic rings. The van der Waals surface area contributed by atoms with Crippen LogP contribution in [0.4, 0.5) is 4.79 Å². The maximum absolute atomic E-state index is 12.1. The number of benzene rings is 2. The molecule has 0 fully saturated rings. The summed E-state index contributed by atoms with van der Waals surface area (Å²) in [6.07, 6.45) is 0. The van der Waals surface area contributed by atoms with E-state index >= 15 is 0 Å². The third-order valence-electron chi connectivity index (χ3n) is 4.00. The summed E-state index contributed by atoms with van der Waals surface area (Å²) in [5, 5.41) is 5.78. The van der Waals surface area contributed by atoms with E-state index in [1.54, 1.807) is 7.11 Å². The first-order valence-corrected chi connectivity index (χ1v) is 8.22. The largest absolute Gasteiger partial charge is 0.497 e. The van der Waals surface area contributed by atoms with E-state index in [0.29, 0.717) is 25.5 Å². The monoisotopic (exact) mass is 342 g/mol. The summed E-state index contributed by atoms with van der Waals surface area (Å²) in [6, 6.07) is 12.9. The Morgan fingerprint density at radius 1 is 1.16 bits per heavy atom. The highest BCUT2D eigenvalue weighted by molar-refractivity contribution is 5.74. The van der Waals surface area contributed by atoms with Crippen molar-refractivity contribution in [2.24, 2.45) is 0 Å².